The molecule has 144 valence electrons. The van der Waals surface area contributed by atoms with Crippen LogP contribution in [0.15, 0.2) is 60.9 Å². The van der Waals surface area contributed by atoms with E-state index in [4.69, 9.17) is 4.74 Å². The number of ether oxygens (including phenoxy) is 1. The van der Waals surface area contributed by atoms with Crippen LogP contribution in [0.1, 0.15) is 22.7 Å². The first-order valence-electron chi connectivity index (χ1n) is 8.87. The Morgan fingerprint density at radius 3 is 2.57 bits per heavy atom. The van der Waals surface area contributed by atoms with E-state index in [1.54, 1.807) is 0 Å². The number of nitrogens with zero attached hydrogens (tertiary/aromatic N) is 4. The maximum Gasteiger partial charge on any atom is 0.331 e. The standard InChI is InChI=1S/C20H21N5O3/c1-15-7-5-6-10-17(15)12-21-19(26)13-28-20(27)18(25-14-22-23-24-25)11-16-8-3-2-4-9-16/h2-10,14,18H,11-13H2,1H3,(H,21,26)/t18-/m1/s1. The monoisotopic (exact) mass is 379 g/mol. The zero-order valence-corrected chi connectivity index (χ0v) is 15.5. The van der Waals surface area contributed by atoms with E-state index in [0.29, 0.717) is 13.0 Å². The predicted octanol–water partition coefficient (Wildman–Crippen LogP) is 1.62. The molecule has 28 heavy (non-hydrogen) atoms. The normalized spacial score (nSPS) is 11.6. The first-order valence-corrected chi connectivity index (χ1v) is 8.87. The zero-order valence-electron chi connectivity index (χ0n) is 15.5. The second kappa shape index (κ2) is 9.40. The number of tetrazole rings is 1. The van der Waals surface area contributed by atoms with Crippen molar-refractivity contribution in [2.75, 3.05) is 6.61 Å². The fourth-order valence-corrected chi connectivity index (χ4v) is 2.72. The van der Waals surface area contributed by atoms with E-state index >= 15 is 0 Å². The Labute approximate surface area is 162 Å². The molecule has 1 heterocycles. The number of benzene rings is 2. The zero-order chi connectivity index (χ0) is 19.8. The fraction of sp³-hybridized carbons (Fsp3) is 0.250. The number of esters is 1. The highest BCUT2D eigenvalue weighted by Gasteiger charge is 2.24. The van der Waals surface area contributed by atoms with Crippen molar-refractivity contribution in [3.8, 4) is 0 Å². The van der Waals surface area contributed by atoms with Gasteiger partial charge in [0.25, 0.3) is 5.91 Å². The molecule has 8 nitrogen and oxygen atoms in total. The van der Waals surface area contributed by atoms with Gasteiger partial charge in [-0.15, -0.1) is 5.10 Å². The third kappa shape index (κ3) is 5.23. The number of amides is 1. The van der Waals surface area contributed by atoms with Gasteiger partial charge < -0.3 is 10.1 Å². The van der Waals surface area contributed by atoms with Gasteiger partial charge in [-0.3, -0.25) is 4.79 Å². The van der Waals surface area contributed by atoms with Crippen molar-refractivity contribution in [1.82, 2.24) is 25.5 Å². The Morgan fingerprint density at radius 2 is 1.86 bits per heavy atom. The van der Waals surface area contributed by atoms with Crippen molar-refractivity contribution in [2.45, 2.75) is 25.9 Å². The summed E-state index contributed by atoms with van der Waals surface area (Å²) in [5.41, 5.74) is 3.03. The maximum atomic E-state index is 12.6. The molecule has 0 unspecified atom stereocenters. The van der Waals surface area contributed by atoms with Gasteiger partial charge in [0.2, 0.25) is 0 Å². The summed E-state index contributed by atoms with van der Waals surface area (Å²) in [6.07, 6.45) is 1.71. The molecule has 3 aromatic rings. The summed E-state index contributed by atoms with van der Waals surface area (Å²) in [5.74, 6) is -0.936. The SMILES string of the molecule is Cc1ccccc1CNC(=O)COC(=O)[C@@H](Cc1ccccc1)n1cnnn1. The van der Waals surface area contributed by atoms with E-state index in [1.807, 2.05) is 61.5 Å². The molecular formula is C20H21N5O3. The molecule has 0 saturated heterocycles. The number of hydrogen-bond donors (Lipinski definition) is 1. The van der Waals surface area contributed by atoms with E-state index in [9.17, 15) is 9.59 Å². The van der Waals surface area contributed by atoms with Gasteiger partial charge in [0, 0.05) is 13.0 Å². The Morgan fingerprint density at radius 1 is 1.11 bits per heavy atom. The lowest BCUT2D eigenvalue weighted by molar-refractivity contribution is -0.152. The van der Waals surface area contributed by atoms with Gasteiger partial charge in [-0.1, -0.05) is 54.6 Å². The first kappa shape index (κ1) is 19.2. The molecule has 1 N–H and O–H groups in total. The third-order valence-corrected chi connectivity index (χ3v) is 4.31. The van der Waals surface area contributed by atoms with E-state index in [0.717, 1.165) is 16.7 Å². The number of aryl methyl sites for hydroxylation is 1. The molecular weight excluding hydrogens is 358 g/mol. The number of carbonyl (C=O) groups is 2. The lowest BCUT2D eigenvalue weighted by Gasteiger charge is -2.15. The second-order valence-corrected chi connectivity index (χ2v) is 6.31. The fourth-order valence-electron chi connectivity index (χ4n) is 2.72. The quantitative estimate of drug-likeness (QED) is 0.597. The van der Waals surface area contributed by atoms with Crippen LogP contribution in [0.4, 0.5) is 0 Å². The summed E-state index contributed by atoms with van der Waals surface area (Å²) in [7, 11) is 0. The maximum absolute atomic E-state index is 12.6. The van der Waals surface area contributed by atoms with Gasteiger partial charge in [0.1, 0.15) is 6.33 Å². The Bertz CT molecular complexity index is 913. The molecule has 0 aliphatic heterocycles. The van der Waals surface area contributed by atoms with Crippen molar-refractivity contribution < 1.29 is 14.3 Å². The Kier molecular flexibility index (Phi) is 6.46. The molecule has 0 bridgehead atoms. The summed E-state index contributed by atoms with van der Waals surface area (Å²) in [6, 6.07) is 16.5. The highest BCUT2D eigenvalue weighted by Crippen LogP contribution is 2.14. The van der Waals surface area contributed by atoms with Crippen LogP contribution in [-0.4, -0.2) is 38.7 Å². The topological polar surface area (TPSA) is 99.0 Å². The summed E-state index contributed by atoms with van der Waals surface area (Å²) >= 11 is 0. The lowest BCUT2D eigenvalue weighted by Crippen LogP contribution is -2.31. The predicted molar refractivity (Wildman–Crippen MR) is 101 cm³/mol. The summed E-state index contributed by atoms with van der Waals surface area (Å²) < 4.78 is 6.55. The van der Waals surface area contributed by atoms with Crippen LogP contribution in [0.5, 0.6) is 0 Å². The summed E-state index contributed by atoms with van der Waals surface area (Å²) in [6.45, 7) is 1.99. The molecule has 0 fully saturated rings. The lowest BCUT2D eigenvalue weighted by atomic mass is 10.1. The van der Waals surface area contributed by atoms with E-state index in [-0.39, 0.29) is 12.5 Å². The van der Waals surface area contributed by atoms with Gasteiger partial charge in [-0.05, 0) is 34.0 Å². The van der Waals surface area contributed by atoms with Crippen LogP contribution < -0.4 is 5.32 Å². The summed E-state index contributed by atoms with van der Waals surface area (Å²) in [5, 5.41) is 13.7. The molecule has 0 radical (unpaired) electrons. The van der Waals surface area contributed by atoms with E-state index < -0.39 is 12.0 Å². The van der Waals surface area contributed by atoms with Crippen molar-refractivity contribution in [1.29, 1.82) is 0 Å². The first-order chi connectivity index (χ1) is 13.6. The molecule has 2 aromatic carbocycles. The van der Waals surface area contributed by atoms with Crippen LogP contribution in [0.3, 0.4) is 0 Å². The molecule has 1 amide bonds. The van der Waals surface area contributed by atoms with Crippen molar-refractivity contribution in [2.24, 2.45) is 0 Å². The molecule has 1 atom stereocenters. The molecule has 0 spiro atoms. The van der Waals surface area contributed by atoms with Gasteiger partial charge in [0.15, 0.2) is 12.6 Å². The van der Waals surface area contributed by atoms with Crippen molar-refractivity contribution in [3.05, 3.63) is 77.6 Å². The Balaban J connectivity index is 1.56. The van der Waals surface area contributed by atoms with Gasteiger partial charge in [-0.2, -0.15) is 0 Å². The van der Waals surface area contributed by atoms with Crippen LogP contribution in [0.2, 0.25) is 0 Å². The second-order valence-electron chi connectivity index (χ2n) is 6.31. The van der Waals surface area contributed by atoms with Gasteiger partial charge in [0.05, 0.1) is 0 Å². The highest BCUT2D eigenvalue weighted by molar-refractivity contribution is 5.81. The number of hydrogen-bond acceptors (Lipinski definition) is 6. The molecule has 1 aromatic heterocycles. The van der Waals surface area contributed by atoms with E-state index in [1.165, 1.54) is 11.0 Å². The minimum Gasteiger partial charge on any atom is -0.454 e. The minimum atomic E-state index is -0.749. The smallest absolute Gasteiger partial charge is 0.331 e. The number of aromatic nitrogens is 4. The van der Waals surface area contributed by atoms with Crippen molar-refractivity contribution >= 4 is 11.9 Å². The molecule has 3 rings (SSSR count). The van der Waals surface area contributed by atoms with Gasteiger partial charge in [-0.25, -0.2) is 9.48 Å². The average molecular weight is 379 g/mol. The minimum absolute atomic E-state index is 0.357. The number of rotatable bonds is 8. The molecule has 0 aliphatic carbocycles. The molecule has 0 aliphatic rings. The summed E-state index contributed by atoms with van der Waals surface area (Å²) in [4.78, 5) is 24.6. The number of nitrogens with one attached hydrogen (secondary N) is 1. The highest BCUT2D eigenvalue weighted by atomic mass is 16.5. The van der Waals surface area contributed by atoms with E-state index in [2.05, 4.69) is 20.8 Å². The number of carbonyl (C=O) groups excluding carboxylic acids is 2. The van der Waals surface area contributed by atoms with Crippen LogP contribution in [0, 0.1) is 6.92 Å². The van der Waals surface area contributed by atoms with Crippen LogP contribution in [0.25, 0.3) is 0 Å². The largest absolute Gasteiger partial charge is 0.454 e. The van der Waals surface area contributed by atoms with Crippen LogP contribution in [-0.2, 0) is 27.3 Å². The van der Waals surface area contributed by atoms with Crippen molar-refractivity contribution in [3.63, 3.8) is 0 Å². The average Bonchev–Trinajstić information content (AvgIpc) is 3.25. The molecule has 0 saturated carbocycles. The third-order valence-electron chi connectivity index (χ3n) is 4.31. The van der Waals surface area contributed by atoms with Crippen LogP contribution >= 0.6 is 0 Å². The Hall–Kier alpha value is -3.55. The molecule has 8 heteroatoms. The van der Waals surface area contributed by atoms with Gasteiger partial charge >= 0.3 is 5.97 Å².